The Kier molecular flexibility index (Phi) is 6.10. The first-order chi connectivity index (χ1) is 10.7. The highest BCUT2D eigenvalue weighted by atomic mass is 35.5. The molecular formula is C17H19ClN2O2. The quantitative estimate of drug-likeness (QED) is 0.857. The number of likely N-dealkylation sites (N-methyl/N-ethyl adjacent to an activating group) is 1. The van der Waals surface area contributed by atoms with Crippen LogP contribution in [0, 0.1) is 0 Å². The number of hydrogen-bond donors (Lipinski definition) is 1. The second-order valence-electron chi connectivity index (χ2n) is 4.69. The van der Waals surface area contributed by atoms with Crippen LogP contribution in [0.15, 0.2) is 54.6 Å². The van der Waals surface area contributed by atoms with E-state index in [-0.39, 0.29) is 0 Å². The highest BCUT2D eigenvalue weighted by Gasteiger charge is 2.07. The van der Waals surface area contributed by atoms with Gasteiger partial charge in [0.15, 0.2) is 0 Å². The largest absolute Gasteiger partial charge is 0.447 e. The van der Waals surface area contributed by atoms with Gasteiger partial charge in [0, 0.05) is 22.9 Å². The van der Waals surface area contributed by atoms with Gasteiger partial charge in [-0.05, 0) is 37.3 Å². The standard InChI is InChI=1S/C17H19ClN2O2/c1-2-20(16-10-6-7-14(18)13-16)11-12-22-17(21)19-15-8-4-3-5-9-15/h3-10,13H,2,11-12H2,1H3,(H,19,21). The van der Waals surface area contributed by atoms with Crippen molar-refractivity contribution in [1.82, 2.24) is 0 Å². The summed E-state index contributed by atoms with van der Waals surface area (Å²) in [7, 11) is 0. The second kappa shape index (κ2) is 8.29. The first kappa shape index (κ1) is 16.2. The number of nitrogens with zero attached hydrogens (tertiary/aromatic N) is 1. The number of rotatable bonds is 6. The van der Waals surface area contributed by atoms with Crippen LogP contribution in [0.2, 0.25) is 5.02 Å². The van der Waals surface area contributed by atoms with E-state index >= 15 is 0 Å². The molecule has 0 aliphatic carbocycles. The van der Waals surface area contributed by atoms with Crippen molar-refractivity contribution in [2.24, 2.45) is 0 Å². The molecule has 0 saturated heterocycles. The predicted molar refractivity (Wildman–Crippen MR) is 90.8 cm³/mol. The second-order valence-corrected chi connectivity index (χ2v) is 5.12. The fraction of sp³-hybridized carbons (Fsp3) is 0.235. The zero-order valence-electron chi connectivity index (χ0n) is 12.5. The molecule has 0 aliphatic rings. The van der Waals surface area contributed by atoms with Crippen molar-refractivity contribution in [1.29, 1.82) is 0 Å². The molecule has 2 aromatic rings. The Bertz CT molecular complexity index is 605. The fourth-order valence-electron chi connectivity index (χ4n) is 2.07. The van der Waals surface area contributed by atoms with Crippen molar-refractivity contribution in [3.63, 3.8) is 0 Å². The smallest absolute Gasteiger partial charge is 0.411 e. The molecule has 0 spiro atoms. The van der Waals surface area contributed by atoms with E-state index in [4.69, 9.17) is 16.3 Å². The molecule has 0 radical (unpaired) electrons. The lowest BCUT2D eigenvalue weighted by atomic mass is 10.3. The number of hydrogen-bond acceptors (Lipinski definition) is 3. The average Bonchev–Trinajstić information content (AvgIpc) is 2.52. The molecule has 0 unspecified atom stereocenters. The summed E-state index contributed by atoms with van der Waals surface area (Å²) in [6.07, 6.45) is -0.451. The van der Waals surface area contributed by atoms with Gasteiger partial charge in [0.25, 0.3) is 0 Å². The highest BCUT2D eigenvalue weighted by molar-refractivity contribution is 6.30. The van der Waals surface area contributed by atoms with Crippen LogP contribution in [-0.4, -0.2) is 25.8 Å². The van der Waals surface area contributed by atoms with Crippen LogP contribution in [0.4, 0.5) is 16.2 Å². The van der Waals surface area contributed by atoms with Gasteiger partial charge in [0.1, 0.15) is 6.61 Å². The molecule has 0 heterocycles. The minimum absolute atomic E-state index is 0.305. The molecule has 0 saturated carbocycles. The first-order valence-corrected chi connectivity index (χ1v) is 7.56. The molecule has 4 nitrogen and oxygen atoms in total. The molecule has 0 bridgehead atoms. The molecular weight excluding hydrogens is 300 g/mol. The van der Waals surface area contributed by atoms with E-state index in [1.165, 1.54) is 0 Å². The van der Waals surface area contributed by atoms with E-state index in [2.05, 4.69) is 10.2 Å². The van der Waals surface area contributed by atoms with Crippen LogP contribution >= 0.6 is 11.6 Å². The van der Waals surface area contributed by atoms with Crippen molar-refractivity contribution in [2.45, 2.75) is 6.92 Å². The summed E-state index contributed by atoms with van der Waals surface area (Å²) in [6.45, 7) is 3.77. The van der Waals surface area contributed by atoms with E-state index in [0.29, 0.717) is 18.2 Å². The zero-order valence-corrected chi connectivity index (χ0v) is 13.2. The number of nitrogens with one attached hydrogen (secondary N) is 1. The molecule has 2 aromatic carbocycles. The molecule has 1 N–H and O–H groups in total. The van der Waals surface area contributed by atoms with Gasteiger partial charge >= 0.3 is 6.09 Å². The lowest BCUT2D eigenvalue weighted by molar-refractivity contribution is 0.164. The third kappa shape index (κ3) is 4.97. The maximum Gasteiger partial charge on any atom is 0.411 e. The van der Waals surface area contributed by atoms with Crippen LogP contribution in [0.3, 0.4) is 0 Å². The van der Waals surface area contributed by atoms with Crippen LogP contribution in [0.25, 0.3) is 0 Å². The Morgan fingerprint density at radius 3 is 2.64 bits per heavy atom. The Morgan fingerprint density at radius 1 is 1.18 bits per heavy atom. The third-order valence-electron chi connectivity index (χ3n) is 3.17. The van der Waals surface area contributed by atoms with Crippen LogP contribution in [-0.2, 0) is 4.74 Å². The summed E-state index contributed by atoms with van der Waals surface area (Å²) in [6, 6.07) is 16.8. The Labute approximate surface area is 135 Å². The number of benzene rings is 2. The molecule has 1 amide bonds. The van der Waals surface area contributed by atoms with Crippen molar-refractivity contribution in [2.75, 3.05) is 29.9 Å². The van der Waals surface area contributed by atoms with E-state index in [9.17, 15) is 4.79 Å². The summed E-state index contributed by atoms with van der Waals surface area (Å²) < 4.78 is 5.21. The van der Waals surface area contributed by atoms with Gasteiger partial charge in [0.2, 0.25) is 0 Å². The average molecular weight is 319 g/mol. The highest BCUT2D eigenvalue weighted by Crippen LogP contribution is 2.19. The van der Waals surface area contributed by atoms with Gasteiger partial charge in [-0.15, -0.1) is 0 Å². The monoisotopic (exact) mass is 318 g/mol. The number of carbonyl (C=O) groups is 1. The van der Waals surface area contributed by atoms with Crippen LogP contribution < -0.4 is 10.2 Å². The van der Waals surface area contributed by atoms with E-state index in [0.717, 1.165) is 17.9 Å². The summed E-state index contributed by atoms with van der Waals surface area (Å²) in [5.41, 5.74) is 1.73. The third-order valence-corrected chi connectivity index (χ3v) is 3.40. The number of para-hydroxylation sites is 1. The zero-order chi connectivity index (χ0) is 15.8. The Hall–Kier alpha value is -2.20. The molecule has 0 aliphatic heterocycles. The topological polar surface area (TPSA) is 41.6 Å². The number of carbonyl (C=O) groups excluding carboxylic acids is 1. The normalized spacial score (nSPS) is 10.1. The lowest BCUT2D eigenvalue weighted by Crippen LogP contribution is -2.28. The van der Waals surface area contributed by atoms with Gasteiger partial charge in [0.05, 0.1) is 6.54 Å². The molecule has 0 aromatic heterocycles. The molecule has 116 valence electrons. The van der Waals surface area contributed by atoms with Crippen molar-refractivity contribution in [3.8, 4) is 0 Å². The maximum absolute atomic E-state index is 11.7. The summed E-state index contributed by atoms with van der Waals surface area (Å²) in [5, 5.41) is 3.37. The number of ether oxygens (including phenoxy) is 1. The van der Waals surface area contributed by atoms with Crippen LogP contribution in [0.1, 0.15) is 6.92 Å². The van der Waals surface area contributed by atoms with Crippen LogP contribution in [0.5, 0.6) is 0 Å². The fourth-order valence-corrected chi connectivity index (χ4v) is 2.25. The van der Waals surface area contributed by atoms with Gasteiger partial charge < -0.3 is 9.64 Å². The Morgan fingerprint density at radius 2 is 1.95 bits per heavy atom. The molecule has 2 rings (SSSR count). The minimum atomic E-state index is -0.451. The van der Waals surface area contributed by atoms with Gasteiger partial charge in [-0.3, -0.25) is 5.32 Å². The van der Waals surface area contributed by atoms with E-state index < -0.39 is 6.09 Å². The first-order valence-electron chi connectivity index (χ1n) is 7.18. The molecule has 0 atom stereocenters. The van der Waals surface area contributed by atoms with Gasteiger partial charge in [-0.2, -0.15) is 0 Å². The summed E-state index contributed by atoms with van der Waals surface area (Å²) >= 11 is 6.00. The number of halogens is 1. The predicted octanol–water partition coefficient (Wildman–Crippen LogP) is 4.42. The van der Waals surface area contributed by atoms with Crippen molar-refractivity contribution in [3.05, 3.63) is 59.6 Å². The van der Waals surface area contributed by atoms with E-state index in [1.807, 2.05) is 61.5 Å². The summed E-state index contributed by atoms with van der Waals surface area (Å²) in [5.74, 6) is 0. The number of amides is 1. The minimum Gasteiger partial charge on any atom is -0.447 e. The SMILES string of the molecule is CCN(CCOC(=O)Nc1ccccc1)c1cccc(Cl)c1. The molecule has 0 fully saturated rings. The summed E-state index contributed by atoms with van der Waals surface area (Å²) in [4.78, 5) is 13.8. The van der Waals surface area contributed by atoms with Gasteiger partial charge in [-0.25, -0.2) is 4.79 Å². The lowest BCUT2D eigenvalue weighted by Gasteiger charge is -2.23. The molecule has 22 heavy (non-hydrogen) atoms. The van der Waals surface area contributed by atoms with Crippen molar-refractivity contribution < 1.29 is 9.53 Å². The maximum atomic E-state index is 11.7. The number of anilines is 2. The van der Waals surface area contributed by atoms with Gasteiger partial charge in [-0.1, -0.05) is 35.9 Å². The Balaban J connectivity index is 1.80. The molecule has 5 heteroatoms. The van der Waals surface area contributed by atoms with E-state index in [1.54, 1.807) is 0 Å². The van der Waals surface area contributed by atoms with Crippen molar-refractivity contribution >= 4 is 29.1 Å².